The van der Waals surface area contributed by atoms with Crippen LogP contribution in [0.3, 0.4) is 0 Å². The lowest BCUT2D eigenvalue weighted by molar-refractivity contribution is 0.339. The van der Waals surface area contributed by atoms with Crippen LogP contribution in [0, 0.1) is 5.92 Å². The molecular weight excluding hydrogens is 188 g/mol. The minimum absolute atomic E-state index is 0.758. The Bertz CT molecular complexity index is 484. The van der Waals surface area contributed by atoms with E-state index >= 15 is 0 Å². The first-order valence-electron chi connectivity index (χ1n) is 5.30. The number of aromatic nitrogens is 3. The van der Waals surface area contributed by atoms with Gasteiger partial charge in [0.25, 0.3) is 0 Å². The van der Waals surface area contributed by atoms with Gasteiger partial charge in [0.2, 0.25) is 0 Å². The van der Waals surface area contributed by atoms with Crippen molar-refractivity contribution in [1.82, 2.24) is 19.9 Å². The lowest BCUT2D eigenvalue weighted by atomic mass is 9.99. The third-order valence-corrected chi connectivity index (χ3v) is 3.11. The molecular formula is C11H14N4. The molecule has 2 aromatic heterocycles. The third-order valence-electron chi connectivity index (χ3n) is 3.11. The zero-order chi connectivity index (χ0) is 10.3. The Labute approximate surface area is 88.3 Å². The van der Waals surface area contributed by atoms with Gasteiger partial charge in [0.1, 0.15) is 11.3 Å². The molecule has 2 aromatic rings. The Morgan fingerprint density at radius 3 is 3.07 bits per heavy atom. The SMILES string of the molecule is Cn1c(CC2CNC2)nc2cnccc21. The third kappa shape index (κ3) is 1.41. The quantitative estimate of drug-likeness (QED) is 0.780. The van der Waals surface area contributed by atoms with E-state index in [1.807, 2.05) is 18.5 Å². The highest BCUT2D eigenvalue weighted by Crippen LogP contribution is 2.17. The Hall–Kier alpha value is -1.42. The van der Waals surface area contributed by atoms with E-state index in [1.54, 1.807) is 0 Å². The highest BCUT2D eigenvalue weighted by Gasteiger charge is 2.19. The van der Waals surface area contributed by atoms with E-state index in [1.165, 1.54) is 11.3 Å². The molecule has 0 unspecified atom stereocenters. The van der Waals surface area contributed by atoms with Crippen LogP contribution in [0.25, 0.3) is 11.0 Å². The van der Waals surface area contributed by atoms with Crippen molar-refractivity contribution in [3.05, 3.63) is 24.3 Å². The van der Waals surface area contributed by atoms with E-state index in [-0.39, 0.29) is 0 Å². The summed E-state index contributed by atoms with van der Waals surface area (Å²) in [5, 5.41) is 3.29. The van der Waals surface area contributed by atoms with Crippen molar-refractivity contribution in [2.24, 2.45) is 13.0 Å². The molecule has 78 valence electrons. The van der Waals surface area contributed by atoms with Gasteiger partial charge in [-0.2, -0.15) is 0 Å². The standard InChI is InChI=1S/C11H14N4/c1-15-10-2-3-12-7-9(10)14-11(15)4-8-5-13-6-8/h2-3,7-8,13H,4-6H2,1H3. The number of nitrogens with zero attached hydrogens (tertiary/aromatic N) is 3. The zero-order valence-corrected chi connectivity index (χ0v) is 8.77. The molecule has 0 saturated carbocycles. The molecule has 3 heterocycles. The lowest BCUT2D eigenvalue weighted by Gasteiger charge is -2.26. The summed E-state index contributed by atoms with van der Waals surface area (Å²) in [5.41, 5.74) is 2.18. The number of imidazole rings is 1. The van der Waals surface area contributed by atoms with Gasteiger partial charge in [-0.3, -0.25) is 4.98 Å². The summed E-state index contributed by atoms with van der Waals surface area (Å²) < 4.78 is 2.18. The van der Waals surface area contributed by atoms with Crippen molar-refractivity contribution in [3.63, 3.8) is 0 Å². The second kappa shape index (κ2) is 3.31. The average molecular weight is 202 g/mol. The van der Waals surface area contributed by atoms with Crippen molar-refractivity contribution in [3.8, 4) is 0 Å². The minimum Gasteiger partial charge on any atom is -0.331 e. The summed E-state index contributed by atoms with van der Waals surface area (Å²) in [6, 6.07) is 2.02. The Balaban J connectivity index is 1.99. The molecule has 4 nitrogen and oxygen atoms in total. The first-order valence-corrected chi connectivity index (χ1v) is 5.30. The fourth-order valence-electron chi connectivity index (χ4n) is 2.04. The number of rotatable bonds is 2. The Morgan fingerprint density at radius 1 is 1.53 bits per heavy atom. The van der Waals surface area contributed by atoms with E-state index in [2.05, 4.69) is 26.9 Å². The molecule has 1 saturated heterocycles. The highest BCUT2D eigenvalue weighted by molar-refractivity contribution is 5.74. The number of nitrogens with one attached hydrogen (secondary N) is 1. The van der Waals surface area contributed by atoms with Gasteiger partial charge in [-0.25, -0.2) is 4.98 Å². The van der Waals surface area contributed by atoms with Crippen molar-refractivity contribution in [1.29, 1.82) is 0 Å². The summed E-state index contributed by atoms with van der Waals surface area (Å²) >= 11 is 0. The predicted octanol–water partition coefficient (Wildman–Crippen LogP) is 0.730. The van der Waals surface area contributed by atoms with Crippen molar-refractivity contribution >= 4 is 11.0 Å². The first-order chi connectivity index (χ1) is 7.34. The van der Waals surface area contributed by atoms with Crippen LogP contribution in [-0.2, 0) is 13.5 Å². The number of hydrogen-bond acceptors (Lipinski definition) is 3. The summed E-state index contributed by atoms with van der Waals surface area (Å²) in [7, 11) is 2.08. The first kappa shape index (κ1) is 8.85. The molecule has 0 amide bonds. The largest absolute Gasteiger partial charge is 0.331 e. The van der Waals surface area contributed by atoms with Crippen molar-refractivity contribution in [2.45, 2.75) is 6.42 Å². The van der Waals surface area contributed by atoms with Crippen molar-refractivity contribution < 1.29 is 0 Å². The fraction of sp³-hybridized carbons (Fsp3) is 0.455. The summed E-state index contributed by atoms with van der Waals surface area (Å²) in [5.74, 6) is 1.93. The second-order valence-corrected chi connectivity index (χ2v) is 4.18. The summed E-state index contributed by atoms with van der Waals surface area (Å²) in [4.78, 5) is 8.70. The molecule has 0 radical (unpaired) electrons. The average Bonchev–Trinajstić information content (AvgIpc) is 2.51. The number of aryl methyl sites for hydroxylation is 1. The minimum atomic E-state index is 0.758. The second-order valence-electron chi connectivity index (χ2n) is 4.18. The van der Waals surface area contributed by atoms with Gasteiger partial charge in [0.05, 0.1) is 11.7 Å². The summed E-state index contributed by atoms with van der Waals surface area (Å²) in [6.45, 7) is 2.25. The van der Waals surface area contributed by atoms with E-state index in [0.717, 1.165) is 30.9 Å². The van der Waals surface area contributed by atoms with Crippen LogP contribution in [0.1, 0.15) is 5.82 Å². The van der Waals surface area contributed by atoms with E-state index in [0.29, 0.717) is 0 Å². The molecule has 3 rings (SSSR count). The van der Waals surface area contributed by atoms with Gasteiger partial charge in [0, 0.05) is 19.7 Å². The smallest absolute Gasteiger partial charge is 0.110 e. The maximum absolute atomic E-state index is 4.61. The Kier molecular flexibility index (Phi) is 1.95. The van der Waals surface area contributed by atoms with Crippen molar-refractivity contribution in [2.75, 3.05) is 13.1 Å². The monoisotopic (exact) mass is 202 g/mol. The van der Waals surface area contributed by atoms with Crippen LogP contribution in [0.4, 0.5) is 0 Å². The Morgan fingerprint density at radius 2 is 2.40 bits per heavy atom. The van der Waals surface area contributed by atoms with Gasteiger partial charge in [-0.15, -0.1) is 0 Å². The van der Waals surface area contributed by atoms with Gasteiger partial charge in [0.15, 0.2) is 0 Å². The molecule has 0 spiro atoms. The van der Waals surface area contributed by atoms with Crippen LogP contribution in [0.15, 0.2) is 18.5 Å². The van der Waals surface area contributed by atoms with Crippen LogP contribution in [0.2, 0.25) is 0 Å². The molecule has 0 atom stereocenters. The molecule has 0 aromatic carbocycles. The van der Waals surface area contributed by atoms with Crippen LogP contribution in [-0.4, -0.2) is 27.6 Å². The zero-order valence-electron chi connectivity index (χ0n) is 8.77. The van der Waals surface area contributed by atoms with Crippen LogP contribution in [0.5, 0.6) is 0 Å². The molecule has 0 bridgehead atoms. The maximum atomic E-state index is 4.61. The maximum Gasteiger partial charge on any atom is 0.110 e. The van der Waals surface area contributed by atoms with E-state index in [9.17, 15) is 0 Å². The number of hydrogen-bond donors (Lipinski definition) is 1. The molecule has 1 aliphatic rings. The van der Waals surface area contributed by atoms with Crippen LogP contribution < -0.4 is 5.32 Å². The number of fused-ring (bicyclic) bond motifs is 1. The summed E-state index contributed by atoms with van der Waals surface area (Å²) in [6.07, 6.45) is 4.72. The fourth-order valence-corrected chi connectivity index (χ4v) is 2.04. The molecule has 15 heavy (non-hydrogen) atoms. The molecule has 1 fully saturated rings. The van der Waals surface area contributed by atoms with E-state index < -0.39 is 0 Å². The van der Waals surface area contributed by atoms with Gasteiger partial charge in [-0.05, 0) is 25.1 Å². The predicted molar refractivity (Wildman–Crippen MR) is 58.6 cm³/mol. The number of pyridine rings is 1. The topological polar surface area (TPSA) is 42.7 Å². The molecule has 0 aliphatic carbocycles. The molecule has 4 heteroatoms. The van der Waals surface area contributed by atoms with Crippen LogP contribution >= 0.6 is 0 Å². The van der Waals surface area contributed by atoms with E-state index in [4.69, 9.17) is 0 Å². The van der Waals surface area contributed by atoms with Gasteiger partial charge >= 0.3 is 0 Å². The molecule has 1 N–H and O–H groups in total. The highest BCUT2D eigenvalue weighted by atomic mass is 15.1. The lowest BCUT2D eigenvalue weighted by Crippen LogP contribution is -2.43. The van der Waals surface area contributed by atoms with Gasteiger partial charge < -0.3 is 9.88 Å². The molecule has 1 aliphatic heterocycles. The normalized spacial score (nSPS) is 16.9. The van der Waals surface area contributed by atoms with Gasteiger partial charge in [-0.1, -0.05) is 0 Å².